The Hall–Kier alpha value is -4.31. The van der Waals surface area contributed by atoms with Gasteiger partial charge in [0.25, 0.3) is 0 Å². The number of nitrogens with one attached hydrogen (secondary N) is 5. The maximum atomic E-state index is 13.5. The molecule has 39 heavy (non-hydrogen) atoms. The maximum Gasteiger partial charge on any atom is 0.246 e. The second kappa shape index (κ2) is 14.6. The summed E-state index contributed by atoms with van der Waals surface area (Å²) in [5, 5.41) is 16.3. The summed E-state index contributed by atoms with van der Waals surface area (Å²) >= 11 is 0. The van der Waals surface area contributed by atoms with Crippen LogP contribution in [-0.2, 0) is 36.9 Å². The first-order valence-electron chi connectivity index (χ1n) is 12.9. The Labute approximate surface area is 227 Å². The standard InChI is InChI=1S/C29H35N5O5/c1-19(2)39-18-27(36)33-26(14-21-17-31-24-11-7-6-10-23(21)24)29(38)34-25(13-12-22(35)15-30)28(37)32-16-20-8-4-3-5-9-20/h3-11,15,17,19,25-26,30-31H,12-14,16,18H2,1-2H3,(H,32,37)(H,33,36)(H,34,38)/t25-,26-/m0/s1. The van der Waals surface area contributed by atoms with E-state index in [2.05, 4.69) is 20.9 Å². The van der Waals surface area contributed by atoms with Gasteiger partial charge in [-0.1, -0.05) is 48.5 Å². The number of aromatic amines is 1. The first-order chi connectivity index (χ1) is 18.8. The number of carbonyl (C=O) groups is 4. The van der Waals surface area contributed by atoms with Gasteiger partial charge in [0, 0.05) is 36.5 Å². The highest BCUT2D eigenvalue weighted by Gasteiger charge is 2.28. The van der Waals surface area contributed by atoms with Gasteiger partial charge in [0.05, 0.1) is 12.3 Å². The molecule has 206 valence electrons. The van der Waals surface area contributed by atoms with Gasteiger partial charge in [-0.3, -0.25) is 19.2 Å². The van der Waals surface area contributed by atoms with Crippen LogP contribution in [0.15, 0.2) is 60.8 Å². The quantitative estimate of drug-likeness (QED) is 0.190. The number of hydrogen-bond donors (Lipinski definition) is 5. The molecule has 3 rings (SSSR count). The van der Waals surface area contributed by atoms with Crippen LogP contribution in [0.3, 0.4) is 0 Å². The van der Waals surface area contributed by atoms with Crippen molar-refractivity contribution < 1.29 is 23.9 Å². The lowest BCUT2D eigenvalue weighted by atomic mass is 10.0. The van der Waals surface area contributed by atoms with Crippen molar-refractivity contribution >= 4 is 40.6 Å². The number of ketones is 1. The van der Waals surface area contributed by atoms with E-state index in [1.54, 1.807) is 20.0 Å². The van der Waals surface area contributed by atoms with Crippen molar-refractivity contribution in [3.05, 3.63) is 71.9 Å². The fourth-order valence-corrected chi connectivity index (χ4v) is 4.02. The summed E-state index contributed by atoms with van der Waals surface area (Å²) in [7, 11) is 0. The topological polar surface area (TPSA) is 153 Å². The Morgan fingerprint density at radius 1 is 0.949 bits per heavy atom. The average Bonchev–Trinajstić information content (AvgIpc) is 3.35. The smallest absolute Gasteiger partial charge is 0.246 e. The second-order valence-corrected chi connectivity index (χ2v) is 9.46. The highest BCUT2D eigenvalue weighted by atomic mass is 16.5. The molecular weight excluding hydrogens is 498 g/mol. The molecule has 0 fully saturated rings. The molecular formula is C29H35N5O5. The van der Waals surface area contributed by atoms with Crippen molar-refractivity contribution in [1.82, 2.24) is 20.9 Å². The Morgan fingerprint density at radius 3 is 2.38 bits per heavy atom. The van der Waals surface area contributed by atoms with Gasteiger partial charge in [-0.15, -0.1) is 0 Å². The van der Waals surface area contributed by atoms with E-state index < -0.39 is 35.6 Å². The molecule has 1 heterocycles. The maximum absolute atomic E-state index is 13.5. The minimum absolute atomic E-state index is 0.00475. The van der Waals surface area contributed by atoms with Gasteiger partial charge >= 0.3 is 0 Å². The zero-order valence-electron chi connectivity index (χ0n) is 22.2. The predicted molar refractivity (Wildman–Crippen MR) is 148 cm³/mol. The summed E-state index contributed by atoms with van der Waals surface area (Å²) in [5.74, 6) is -1.96. The molecule has 0 radical (unpaired) electrons. The normalized spacial score (nSPS) is 12.5. The molecule has 3 amide bonds. The average molecular weight is 534 g/mol. The monoisotopic (exact) mass is 533 g/mol. The highest BCUT2D eigenvalue weighted by molar-refractivity contribution is 6.26. The lowest BCUT2D eigenvalue weighted by Gasteiger charge is -2.23. The SMILES string of the molecule is CC(C)OCC(=O)N[C@@H](Cc1c[nH]c2ccccc12)C(=O)N[C@@H](CCC(=O)C=N)C(=O)NCc1ccccc1. The predicted octanol–water partition coefficient (Wildman–Crippen LogP) is 2.42. The number of rotatable bonds is 15. The number of benzene rings is 2. The number of Topliss-reactive ketones (excluding diaryl/α,β-unsaturated/α-hetero) is 1. The number of para-hydroxylation sites is 1. The number of amides is 3. The zero-order valence-corrected chi connectivity index (χ0v) is 22.2. The van der Waals surface area contributed by atoms with Crippen LogP contribution in [0, 0.1) is 5.41 Å². The summed E-state index contributed by atoms with van der Waals surface area (Å²) in [6.45, 7) is 3.63. The van der Waals surface area contributed by atoms with Gasteiger partial charge < -0.3 is 31.1 Å². The molecule has 5 N–H and O–H groups in total. The molecule has 2 aromatic carbocycles. The third-order valence-electron chi connectivity index (χ3n) is 6.08. The van der Waals surface area contributed by atoms with Crippen LogP contribution in [-0.4, -0.2) is 59.5 Å². The number of carbonyl (C=O) groups excluding carboxylic acids is 4. The molecule has 10 nitrogen and oxygen atoms in total. The van der Waals surface area contributed by atoms with E-state index in [1.807, 2.05) is 54.6 Å². The Bertz CT molecular complexity index is 1290. The van der Waals surface area contributed by atoms with Crippen molar-refractivity contribution in [2.45, 2.75) is 57.8 Å². The van der Waals surface area contributed by atoms with Crippen LogP contribution in [0.1, 0.15) is 37.8 Å². The molecule has 0 saturated carbocycles. The molecule has 10 heteroatoms. The number of aromatic nitrogens is 1. The van der Waals surface area contributed by atoms with Gasteiger partial charge in [0.15, 0.2) is 5.78 Å². The van der Waals surface area contributed by atoms with Crippen LogP contribution in [0.2, 0.25) is 0 Å². The summed E-state index contributed by atoms with van der Waals surface area (Å²) < 4.78 is 5.39. The summed E-state index contributed by atoms with van der Waals surface area (Å²) in [6.07, 6.45) is 2.39. The molecule has 0 aliphatic heterocycles. The van der Waals surface area contributed by atoms with E-state index in [0.29, 0.717) is 6.21 Å². The summed E-state index contributed by atoms with van der Waals surface area (Å²) in [4.78, 5) is 54.1. The van der Waals surface area contributed by atoms with Gasteiger partial charge in [0.1, 0.15) is 18.7 Å². The summed E-state index contributed by atoms with van der Waals surface area (Å²) in [6, 6.07) is 14.9. The van der Waals surface area contributed by atoms with E-state index in [0.717, 1.165) is 22.0 Å². The number of hydrogen-bond acceptors (Lipinski definition) is 6. The minimum atomic E-state index is -1.04. The molecule has 0 aliphatic carbocycles. The fraction of sp³-hybridized carbons (Fsp3) is 0.345. The lowest BCUT2D eigenvalue weighted by molar-refractivity contribution is -0.134. The molecule has 0 bridgehead atoms. The lowest BCUT2D eigenvalue weighted by Crippen LogP contribution is -2.55. The van der Waals surface area contributed by atoms with Crippen LogP contribution in [0.5, 0.6) is 0 Å². The van der Waals surface area contributed by atoms with E-state index >= 15 is 0 Å². The van der Waals surface area contributed by atoms with E-state index in [-0.39, 0.29) is 38.5 Å². The van der Waals surface area contributed by atoms with Crippen molar-refractivity contribution in [2.75, 3.05) is 6.61 Å². The van der Waals surface area contributed by atoms with Crippen LogP contribution < -0.4 is 16.0 Å². The Morgan fingerprint density at radius 2 is 1.67 bits per heavy atom. The zero-order chi connectivity index (χ0) is 28.2. The number of ether oxygens (including phenoxy) is 1. The fourth-order valence-electron chi connectivity index (χ4n) is 4.02. The van der Waals surface area contributed by atoms with Crippen LogP contribution in [0.25, 0.3) is 10.9 Å². The first kappa shape index (κ1) is 29.2. The van der Waals surface area contributed by atoms with Crippen LogP contribution in [0.4, 0.5) is 0 Å². The van der Waals surface area contributed by atoms with Crippen molar-refractivity contribution in [3.63, 3.8) is 0 Å². The summed E-state index contributed by atoms with van der Waals surface area (Å²) in [5.41, 5.74) is 2.59. The number of fused-ring (bicyclic) bond motifs is 1. The van der Waals surface area contributed by atoms with Gasteiger partial charge in [-0.05, 0) is 37.5 Å². The van der Waals surface area contributed by atoms with Crippen molar-refractivity contribution in [1.29, 1.82) is 5.41 Å². The number of H-pyrrole nitrogens is 1. The van der Waals surface area contributed by atoms with E-state index in [9.17, 15) is 19.2 Å². The Balaban J connectivity index is 1.77. The molecule has 0 unspecified atom stereocenters. The first-order valence-corrected chi connectivity index (χ1v) is 12.9. The van der Waals surface area contributed by atoms with Gasteiger partial charge in [-0.25, -0.2) is 0 Å². The van der Waals surface area contributed by atoms with Crippen molar-refractivity contribution in [2.24, 2.45) is 0 Å². The minimum Gasteiger partial charge on any atom is -0.369 e. The van der Waals surface area contributed by atoms with E-state index in [1.165, 1.54) is 0 Å². The highest BCUT2D eigenvalue weighted by Crippen LogP contribution is 2.19. The molecule has 0 saturated heterocycles. The van der Waals surface area contributed by atoms with Gasteiger partial charge in [-0.2, -0.15) is 0 Å². The van der Waals surface area contributed by atoms with Crippen molar-refractivity contribution in [3.8, 4) is 0 Å². The molecule has 0 aliphatic rings. The third-order valence-corrected chi connectivity index (χ3v) is 6.08. The molecule has 3 aromatic rings. The molecule has 1 aromatic heterocycles. The van der Waals surface area contributed by atoms with Crippen LogP contribution >= 0.6 is 0 Å². The third kappa shape index (κ3) is 9.19. The Kier molecular flexibility index (Phi) is 10.9. The molecule has 2 atom stereocenters. The van der Waals surface area contributed by atoms with Gasteiger partial charge in [0.2, 0.25) is 17.7 Å². The largest absolute Gasteiger partial charge is 0.369 e. The van der Waals surface area contributed by atoms with E-state index in [4.69, 9.17) is 10.1 Å². The second-order valence-electron chi connectivity index (χ2n) is 9.46. The molecule has 0 spiro atoms.